The van der Waals surface area contributed by atoms with Gasteiger partial charge in [-0.3, -0.25) is 9.78 Å². The van der Waals surface area contributed by atoms with Crippen molar-refractivity contribution in [1.82, 2.24) is 9.88 Å². The number of fused-ring (bicyclic) bond motifs is 4. The van der Waals surface area contributed by atoms with Crippen molar-refractivity contribution in [2.24, 2.45) is 50.7 Å². The molecule has 266 valence electrons. The Balaban J connectivity index is 0.986. The SMILES string of the molecule is C[C@@H]1CC([C@H](O)C(C)(C)O)OC2C[C@@]3(C)[C@@H]4CCC5C(C)(C)[C@@H](OC6CN(C(=O)c7cccnc7)CCO6)CC[C@@]56C[C@@]46CC[C@]3(C)C21. The van der Waals surface area contributed by atoms with Crippen LogP contribution in [-0.2, 0) is 14.2 Å². The Morgan fingerprint density at radius 2 is 1.83 bits per heavy atom. The van der Waals surface area contributed by atoms with Gasteiger partial charge in [-0.2, -0.15) is 0 Å². The summed E-state index contributed by atoms with van der Waals surface area (Å²) in [6.45, 7) is 17.4. The van der Waals surface area contributed by atoms with Gasteiger partial charge in [0.05, 0.1) is 42.6 Å². The van der Waals surface area contributed by atoms with Crippen LogP contribution in [0, 0.1) is 50.7 Å². The van der Waals surface area contributed by atoms with Crippen LogP contribution in [0.15, 0.2) is 24.5 Å². The van der Waals surface area contributed by atoms with E-state index in [2.05, 4.69) is 39.6 Å². The lowest BCUT2D eigenvalue weighted by molar-refractivity contribution is -0.244. The zero-order valence-electron chi connectivity index (χ0n) is 30.4. The van der Waals surface area contributed by atoms with E-state index in [1.807, 2.05) is 17.0 Å². The molecule has 3 heterocycles. The molecule has 2 spiro atoms. The number of amides is 1. The van der Waals surface area contributed by atoms with Crippen LogP contribution in [0.4, 0.5) is 0 Å². The molecule has 1 aromatic heterocycles. The fourth-order valence-electron chi connectivity index (χ4n) is 14.0. The lowest BCUT2D eigenvalue weighted by Crippen LogP contribution is -2.59. The molecule has 0 aromatic carbocycles. The molecule has 2 N–H and O–H groups in total. The van der Waals surface area contributed by atoms with E-state index in [0.29, 0.717) is 59.8 Å². The molecule has 8 rings (SSSR count). The number of morpholine rings is 1. The van der Waals surface area contributed by atoms with Crippen molar-refractivity contribution < 1.29 is 29.2 Å². The number of hydrogen-bond acceptors (Lipinski definition) is 7. The highest BCUT2D eigenvalue weighted by Gasteiger charge is 2.83. The molecule has 5 aliphatic carbocycles. The first-order valence-corrected chi connectivity index (χ1v) is 19.1. The second-order valence-electron chi connectivity index (χ2n) is 19.0. The largest absolute Gasteiger partial charge is 0.388 e. The number of rotatable bonds is 5. The Kier molecular flexibility index (Phi) is 7.66. The molecule has 13 atom stereocenters. The summed E-state index contributed by atoms with van der Waals surface area (Å²) in [5.74, 6) is 2.27. The van der Waals surface area contributed by atoms with E-state index in [-0.39, 0.29) is 40.5 Å². The average molecular weight is 665 g/mol. The molecule has 8 heteroatoms. The maximum absolute atomic E-state index is 13.2. The van der Waals surface area contributed by atoms with E-state index in [9.17, 15) is 15.0 Å². The minimum atomic E-state index is -1.17. The van der Waals surface area contributed by atoms with Crippen LogP contribution < -0.4 is 0 Å². The Bertz CT molecular complexity index is 1410. The maximum atomic E-state index is 13.2. The van der Waals surface area contributed by atoms with Gasteiger partial charge in [0.15, 0.2) is 6.29 Å². The summed E-state index contributed by atoms with van der Waals surface area (Å²) < 4.78 is 19.8. The maximum Gasteiger partial charge on any atom is 0.255 e. The fraction of sp³-hybridized carbons (Fsp3) is 0.850. The van der Waals surface area contributed by atoms with Crippen LogP contribution in [0.1, 0.15) is 117 Å². The second kappa shape index (κ2) is 11.0. The van der Waals surface area contributed by atoms with Gasteiger partial charge < -0.3 is 29.3 Å². The molecule has 48 heavy (non-hydrogen) atoms. The van der Waals surface area contributed by atoms with Gasteiger partial charge in [0.25, 0.3) is 5.91 Å². The Labute approximate surface area is 287 Å². The summed E-state index contributed by atoms with van der Waals surface area (Å²) >= 11 is 0. The Hall–Kier alpha value is -1.58. The third-order valence-corrected chi connectivity index (χ3v) is 16.3. The summed E-state index contributed by atoms with van der Waals surface area (Å²) in [4.78, 5) is 19.2. The summed E-state index contributed by atoms with van der Waals surface area (Å²) in [5, 5.41) is 21.7. The Morgan fingerprint density at radius 1 is 1.08 bits per heavy atom. The quantitative estimate of drug-likeness (QED) is 0.385. The van der Waals surface area contributed by atoms with Crippen LogP contribution in [-0.4, -0.2) is 82.0 Å². The monoisotopic (exact) mass is 664 g/mol. The topological polar surface area (TPSA) is 101 Å². The first-order valence-electron chi connectivity index (χ1n) is 19.1. The summed E-state index contributed by atoms with van der Waals surface area (Å²) in [7, 11) is 0. The molecular formula is C40H60N2O6. The van der Waals surface area contributed by atoms with Gasteiger partial charge in [-0.25, -0.2) is 0 Å². The minimum absolute atomic E-state index is 0.00613. The third kappa shape index (κ3) is 4.57. The standard InChI is InChI=1S/C40H60N2O6/c1-24-19-26(33(43)36(4,5)45)47-27-20-38(7)29-11-10-28-35(2,3)30(12-13-39(28)23-40(29,39)15-14-37(38,6)32(24)27)48-31-22-42(17-18-46-31)34(44)25-9-8-16-41-21-25/h8-9,16,21,24,26-33,43,45H,10-15,17-20,22-23H2,1-7H3/t24-,26?,27?,28?,29+,30+,31?,32?,33+,37-,38+,39-,40+/m1/s1. The van der Waals surface area contributed by atoms with E-state index in [1.165, 1.54) is 38.5 Å². The van der Waals surface area contributed by atoms with Crippen molar-refractivity contribution in [3.63, 3.8) is 0 Å². The van der Waals surface area contributed by atoms with Crippen molar-refractivity contribution >= 4 is 5.91 Å². The van der Waals surface area contributed by atoms with Crippen LogP contribution in [0.5, 0.6) is 0 Å². The smallest absolute Gasteiger partial charge is 0.255 e. The highest BCUT2D eigenvalue weighted by molar-refractivity contribution is 5.93. The number of hydrogen-bond donors (Lipinski definition) is 2. The number of aliphatic hydroxyl groups is 2. The summed E-state index contributed by atoms with van der Waals surface area (Å²) in [5.41, 5.74) is 0.684. The van der Waals surface area contributed by atoms with Crippen molar-refractivity contribution in [3.05, 3.63) is 30.1 Å². The van der Waals surface area contributed by atoms with Gasteiger partial charge in [0.1, 0.15) is 6.10 Å². The van der Waals surface area contributed by atoms with Crippen LogP contribution >= 0.6 is 0 Å². The lowest BCUT2D eigenvalue weighted by atomic mass is 9.41. The van der Waals surface area contributed by atoms with Crippen LogP contribution in [0.25, 0.3) is 0 Å². The number of nitrogens with zero attached hydrogens (tertiary/aromatic N) is 2. The van der Waals surface area contributed by atoms with E-state index in [1.54, 1.807) is 26.2 Å². The minimum Gasteiger partial charge on any atom is -0.388 e. The molecule has 5 saturated carbocycles. The molecule has 1 aromatic rings. The highest BCUT2D eigenvalue weighted by Crippen LogP contribution is 2.89. The number of ether oxygens (including phenoxy) is 3. The van der Waals surface area contributed by atoms with E-state index < -0.39 is 18.0 Å². The fourth-order valence-corrected chi connectivity index (χ4v) is 14.0. The first kappa shape index (κ1) is 33.6. The first-order chi connectivity index (χ1) is 22.6. The van der Waals surface area contributed by atoms with Crippen molar-refractivity contribution in [2.75, 3.05) is 19.7 Å². The molecule has 7 aliphatic rings. The van der Waals surface area contributed by atoms with Gasteiger partial charge >= 0.3 is 0 Å². The zero-order valence-corrected chi connectivity index (χ0v) is 30.4. The lowest BCUT2D eigenvalue weighted by Gasteiger charge is -2.63. The molecule has 7 fully saturated rings. The number of pyridine rings is 1. The highest BCUT2D eigenvalue weighted by atomic mass is 16.7. The molecule has 1 amide bonds. The van der Waals surface area contributed by atoms with E-state index >= 15 is 0 Å². The number of aromatic nitrogens is 1. The zero-order chi connectivity index (χ0) is 34.1. The molecule has 5 unspecified atom stereocenters. The van der Waals surface area contributed by atoms with E-state index in [4.69, 9.17) is 14.2 Å². The molecule has 0 radical (unpaired) electrons. The van der Waals surface area contributed by atoms with E-state index in [0.717, 1.165) is 19.3 Å². The van der Waals surface area contributed by atoms with Crippen LogP contribution in [0.3, 0.4) is 0 Å². The van der Waals surface area contributed by atoms with Crippen molar-refractivity contribution in [2.45, 2.75) is 143 Å². The van der Waals surface area contributed by atoms with Gasteiger partial charge in [-0.15, -0.1) is 0 Å². The van der Waals surface area contributed by atoms with Crippen molar-refractivity contribution in [3.8, 4) is 0 Å². The predicted molar refractivity (Wildman–Crippen MR) is 182 cm³/mol. The van der Waals surface area contributed by atoms with Gasteiger partial charge in [-0.1, -0.05) is 34.6 Å². The number of carbonyl (C=O) groups is 1. The molecule has 8 nitrogen and oxygen atoms in total. The van der Waals surface area contributed by atoms with Gasteiger partial charge in [-0.05, 0) is 135 Å². The van der Waals surface area contributed by atoms with Gasteiger partial charge in [0.2, 0.25) is 0 Å². The van der Waals surface area contributed by atoms with Gasteiger partial charge in [0, 0.05) is 18.9 Å². The third-order valence-electron chi connectivity index (χ3n) is 16.3. The average Bonchev–Trinajstić information content (AvgIpc) is 3.64. The summed E-state index contributed by atoms with van der Waals surface area (Å²) in [6, 6.07) is 3.63. The van der Waals surface area contributed by atoms with Crippen LogP contribution in [0.2, 0.25) is 0 Å². The summed E-state index contributed by atoms with van der Waals surface area (Å²) in [6.07, 6.45) is 12.6. The number of carbonyl (C=O) groups excluding carboxylic acids is 1. The molecule has 2 saturated heterocycles. The van der Waals surface area contributed by atoms with Crippen molar-refractivity contribution in [1.29, 1.82) is 0 Å². The normalized spacial score (nSPS) is 48.3. The molecular weight excluding hydrogens is 604 g/mol. The molecule has 0 bridgehead atoms. The predicted octanol–water partition coefficient (Wildman–Crippen LogP) is 6.24. The Morgan fingerprint density at radius 3 is 2.56 bits per heavy atom. The number of aliphatic hydroxyl groups excluding tert-OH is 1. The second-order valence-corrected chi connectivity index (χ2v) is 19.0. The molecule has 2 aliphatic heterocycles.